The van der Waals surface area contributed by atoms with Crippen LogP contribution in [0.5, 0.6) is 0 Å². The second-order valence-corrected chi connectivity index (χ2v) is 6.81. The van der Waals surface area contributed by atoms with Crippen molar-refractivity contribution in [2.24, 2.45) is 0 Å². The quantitative estimate of drug-likeness (QED) is 0.632. The normalized spacial score (nSPS) is 15.9. The number of likely N-dealkylation sites (tertiary alicyclic amines) is 1. The van der Waals surface area contributed by atoms with Crippen LogP contribution < -0.4 is 15.5 Å². The topological polar surface area (TPSA) is 88.9 Å². The summed E-state index contributed by atoms with van der Waals surface area (Å²) in [6, 6.07) is 7.07. The number of rotatable bonds is 7. The first-order chi connectivity index (χ1) is 12.1. The molecular formula is C17H21BrN3O4+. The molecule has 0 spiro atoms. The van der Waals surface area contributed by atoms with Crippen molar-refractivity contribution in [3.05, 3.63) is 46.7 Å². The molecule has 2 amide bonds. The highest BCUT2D eigenvalue weighted by Crippen LogP contribution is 2.13. The molecule has 134 valence electrons. The van der Waals surface area contributed by atoms with Gasteiger partial charge in [-0.3, -0.25) is 9.59 Å². The highest BCUT2D eigenvalue weighted by molar-refractivity contribution is 9.10. The Morgan fingerprint density at radius 3 is 2.64 bits per heavy atom. The van der Waals surface area contributed by atoms with Crippen LogP contribution in [0.25, 0.3) is 0 Å². The Labute approximate surface area is 153 Å². The van der Waals surface area contributed by atoms with E-state index < -0.39 is 5.91 Å². The van der Waals surface area contributed by atoms with Gasteiger partial charge in [0.1, 0.15) is 0 Å². The number of halogens is 1. The van der Waals surface area contributed by atoms with Gasteiger partial charge in [-0.1, -0.05) is 0 Å². The Kier molecular flexibility index (Phi) is 5.93. The van der Waals surface area contributed by atoms with Gasteiger partial charge in [-0.25, -0.2) is 0 Å². The maximum absolute atomic E-state index is 12.1. The molecule has 1 atom stereocenters. The summed E-state index contributed by atoms with van der Waals surface area (Å²) in [4.78, 5) is 25.4. The second-order valence-electron chi connectivity index (χ2n) is 6.02. The highest BCUT2D eigenvalue weighted by Gasteiger charge is 2.29. The lowest BCUT2D eigenvalue weighted by Gasteiger charge is -2.23. The predicted octanol–water partition coefficient (Wildman–Crippen LogP) is 0.901. The summed E-state index contributed by atoms with van der Waals surface area (Å²) in [6.07, 6.45) is 4.03. The van der Waals surface area contributed by atoms with Crippen molar-refractivity contribution in [1.29, 1.82) is 0 Å². The fraction of sp³-hybridized carbons (Fsp3) is 0.412. The zero-order valence-electron chi connectivity index (χ0n) is 13.7. The molecule has 3 N–H and O–H groups in total. The highest BCUT2D eigenvalue weighted by atomic mass is 79.9. The van der Waals surface area contributed by atoms with Crippen molar-refractivity contribution < 1.29 is 23.3 Å². The van der Waals surface area contributed by atoms with Gasteiger partial charge in [0, 0.05) is 12.8 Å². The molecule has 8 heteroatoms. The van der Waals surface area contributed by atoms with Gasteiger partial charge in [0.15, 0.2) is 22.2 Å². The first-order valence-corrected chi connectivity index (χ1v) is 9.11. The van der Waals surface area contributed by atoms with Crippen LogP contribution in [0.1, 0.15) is 35.2 Å². The van der Waals surface area contributed by atoms with Gasteiger partial charge < -0.3 is 24.4 Å². The smallest absolute Gasteiger partial charge is 0.287 e. The van der Waals surface area contributed by atoms with E-state index in [9.17, 15) is 9.59 Å². The van der Waals surface area contributed by atoms with Crippen molar-refractivity contribution in [2.45, 2.75) is 18.9 Å². The molecule has 25 heavy (non-hydrogen) atoms. The van der Waals surface area contributed by atoms with Gasteiger partial charge in [-0.2, -0.15) is 0 Å². The van der Waals surface area contributed by atoms with Crippen LogP contribution in [-0.2, 0) is 4.79 Å². The number of hydrogen-bond donors (Lipinski definition) is 3. The number of carbonyl (C=O) groups is 2. The molecule has 2 aromatic heterocycles. The largest absolute Gasteiger partial charge is 0.463 e. The molecule has 1 fully saturated rings. The SMILES string of the molecule is O=C(CNC(=O)c1ccc(Br)o1)NC[C@@H](c1ccco1)[NH+]1CCCC1. The summed E-state index contributed by atoms with van der Waals surface area (Å²) < 4.78 is 11.2. The van der Waals surface area contributed by atoms with Crippen LogP contribution in [0, 0.1) is 0 Å². The number of quaternary nitrogens is 1. The predicted molar refractivity (Wildman–Crippen MR) is 93.1 cm³/mol. The monoisotopic (exact) mass is 410 g/mol. The molecule has 1 aliphatic heterocycles. The molecular weight excluding hydrogens is 390 g/mol. The van der Waals surface area contributed by atoms with E-state index in [0.717, 1.165) is 18.8 Å². The van der Waals surface area contributed by atoms with E-state index in [0.29, 0.717) is 11.2 Å². The minimum absolute atomic E-state index is 0.0955. The zero-order chi connectivity index (χ0) is 17.6. The van der Waals surface area contributed by atoms with Crippen molar-refractivity contribution in [2.75, 3.05) is 26.2 Å². The van der Waals surface area contributed by atoms with E-state index in [2.05, 4.69) is 26.6 Å². The second kappa shape index (κ2) is 8.35. The summed E-state index contributed by atoms with van der Waals surface area (Å²) in [7, 11) is 0. The molecule has 7 nitrogen and oxygen atoms in total. The van der Waals surface area contributed by atoms with E-state index >= 15 is 0 Å². The molecule has 0 bridgehead atoms. The first-order valence-electron chi connectivity index (χ1n) is 8.31. The molecule has 2 aromatic rings. The number of furan rings is 2. The maximum Gasteiger partial charge on any atom is 0.287 e. The Morgan fingerprint density at radius 1 is 1.20 bits per heavy atom. The Bertz CT molecular complexity index is 707. The number of carbonyl (C=O) groups excluding carboxylic acids is 2. The fourth-order valence-corrected chi connectivity index (χ4v) is 3.38. The Balaban J connectivity index is 1.49. The summed E-state index contributed by atoms with van der Waals surface area (Å²) >= 11 is 3.14. The van der Waals surface area contributed by atoms with Gasteiger partial charge in [0.05, 0.1) is 32.4 Å². The van der Waals surface area contributed by atoms with Crippen molar-refractivity contribution in [1.82, 2.24) is 10.6 Å². The van der Waals surface area contributed by atoms with Gasteiger partial charge in [-0.05, 0) is 40.2 Å². The minimum atomic E-state index is -0.423. The van der Waals surface area contributed by atoms with E-state index in [-0.39, 0.29) is 24.3 Å². The molecule has 1 saturated heterocycles. The van der Waals surface area contributed by atoms with Crippen LogP contribution in [0.15, 0.2) is 44.0 Å². The van der Waals surface area contributed by atoms with Gasteiger partial charge in [0.2, 0.25) is 5.91 Å². The summed E-state index contributed by atoms with van der Waals surface area (Å²) in [5.74, 6) is 0.374. The van der Waals surface area contributed by atoms with Crippen LogP contribution in [-0.4, -0.2) is 38.0 Å². The van der Waals surface area contributed by atoms with Crippen molar-refractivity contribution in [3.8, 4) is 0 Å². The minimum Gasteiger partial charge on any atom is -0.463 e. The number of nitrogens with one attached hydrogen (secondary N) is 3. The molecule has 0 aliphatic carbocycles. The Morgan fingerprint density at radius 2 is 2.00 bits per heavy atom. The molecule has 3 heterocycles. The summed E-state index contributed by atoms with van der Waals surface area (Å²) in [5, 5.41) is 5.43. The molecule has 1 aliphatic rings. The average Bonchev–Trinajstić information content (AvgIpc) is 3.35. The lowest BCUT2D eigenvalue weighted by Crippen LogP contribution is -3.11. The average molecular weight is 411 g/mol. The standard InChI is InChI=1S/C17H20BrN3O4/c18-15-6-5-14(25-15)17(23)20-11-16(22)19-10-12(13-4-3-9-24-13)21-7-1-2-8-21/h3-6,9,12H,1-2,7-8,10-11H2,(H,19,22)(H,20,23)/p+1/t12-/m0/s1. The lowest BCUT2D eigenvalue weighted by atomic mass is 10.2. The van der Waals surface area contributed by atoms with Crippen LogP contribution in [0.2, 0.25) is 0 Å². The maximum atomic E-state index is 12.1. The van der Waals surface area contributed by atoms with Crippen molar-refractivity contribution >= 4 is 27.7 Å². The van der Waals surface area contributed by atoms with Gasteiger partial charge >= 0.3 is 0 Å². The van der Waals surface area contributed by atoms with Crippen LogP contribution in [0.4, 0.5) is 0 Å². The third-order valence-corrected chi connectivity index (χ3v) is 4.76. The van der Waals surface area contributed by atoms with E-state index in [1.807, 2.05) is 12.1 Å². The van der Waals surface area contributed by atoms with Crippen LogP contribution >= 0.6 is 15.9 Å². The molecule has 0 radical (unpaired) electrons. The summed E-state index contributed by atoms with van der Waals surface area (Å²) in [6.45, 7) is 2.53. The molecule has 0 saturated carbocycles. The summed E-state index contributed by atoms with van der Waals surface area (Å²) in [5.41, 5.74) is 0. The third kappa shape index (κ3) is 4.73. The molecule has 0 aromatic carbocycles. The van der Waals surface area contributed by atoms with E-state index in [4.69, 9.17) is 8.83 Å². The lowest BCUT2D eigenvalue weighted by molar-refractivity contribution is -0.919. The zero-order valence-corrected chi connectivity index (χ0v) is 15.3. The molecule has 0 unspecified atom stereocenters. The van der Waals surface area contributed by atoms with Crippen molar-refractivity contribution in [3.63, 3.8) is 0 Å². The Hall–Kier alpha value is -2.06. The van der Waals surface area contributed by atoms with Crippen LogP contribution in [0.3, 0.4) is 0 Å². The van der Waals surface area contributed by atoms with Gasteiger partial charge in [-0.15, -0.1) is 0 Å². The van der Waals surface area contributed by atoms with E-state index in [1.54, 1.807) is 18.4 Å². The first kappa shape index (κ1) is 17.8. The number of hydrogen-bond acceptors (Lipinski definition) is 4. The number of amides is 2. The van der Waals surface area contributed by atoms with Gasteiger partial charge in [0.25, 0.3) is 5.91 Å². The van der Waals surface area contributed by atoms with E-state index in [1.165, 1.54) is 17.7 Å². The third-order valence-electron chi connectivity index (χ3n) is 4.34. The molecule has 3 rings (SSSR count). The fourth-order valence-electron chi connectivity index (χ4n) is 3.08.